The van der Waals surface area contributed by atoms with E-state index in [1.807, 2.05) is 19.1 Å². The van der Waals surface area contributed by atoms with Gasteiger partial charge in [-0.25, -0.2) is 4.79 Å². The third kappa shape index (κ3) is 3.03. The summed E-state index contributed by atoms with van der Waals surface area (Å²) in [5.74, 6) is -0.770. The number of benzene rings is 2. The van der Waals surface area contributed by atoms with Crippen molar-refractivity contribution in [2.24, 2.45) is 0 Å². The highest BCUT2D eigenvalue weighted by molar-refractivity contribution is 5.88. The minimum atomic E-state index is -0.946. The Hall–Kier alpha value is -2.62. The van der Waals surface area contributed by atoms with E-state index in [4.69, 9.17) is 9.84 Å². The Morgan fingerprint density at radius 3 is 2.10 bits per heavy atom. The molecule has 20 heavy (non-hydrogen) atoms. The van der Waals surface area contributed by atoms with Crippen LogP contribution in [-0.2, 0) is 4.79 Å². The summed E-state index contributed by atoms with van der Waals surface area (Å²) in [6, 6.07) is 12.1. The third-order valence-corrected chi connectivity index (χ3v) is 2.89. The van der Waals surface area contributed by atoms with Gasteiger partial charge in [0.15, 0.2) is 0 Å². The number of carbonyl (C=O) groups excluding carboxylic acids is 1. The molecule has 0 fully saturated rings. The quantitative estimate of drug-likeness (QED) is 0.686. The van der Waals surface area contributed by atoms with Gasteiger partial charge in [0.25, 0.3) is 0 Å². The van der Waals surface area contributed by atoms with E-state index in [0.717, 1.165) is 16.7 Å². The van der Waals surface area contributed by atoms with Gasteiger partial charge in [-0.3, -0.25) is 4.79 Å². The zero-order chi connectivity index (χ0) is 14.7. The molecular weight excluding hydrogens is 256 g/mol. The van der Waals surface area contributed by atoms with Crippen LogP contribution in [-0.4, -0.2) is 17.0 Å². The first kappa shape index (κ1) is 13.8. The zero-order valence-corrected chi connectivity index (χ0v) is 11.2. The molecule has 2 aromatic carbocycles. The number of hydrogen-bond donors (Lipinski definition) is 1. The molecule has 0 radical (unpaired) electrons. The minimum absolute atomic E-state index is 0.252. The molecule has 0 aliphatic heterocycles. The molecule has 0 spiro atoms. The highest BCUT2D eigenvalue weighted by Gasteiger charge is 2.06. The lowest BCUT2D eigenvalue weighted by atomic mass is 10.0. The van der Waals surface area contributed by atoms with E-state index in [0.29, 0.717) is 5.75 Å². The van der Waals surface area contributed by atoms with Gasteiger partial charge in [-0.15, -0.1) is 0 Å². The van der Waals surface area contributed by atoms with Crippen LogP contribution in [0.5, 0.6) is 5.75 Å². The van der Waals surface area contributed by atoms with Crippen molar-refractivity contribution in [2.75, 3.05) is 0 Å². The van der Waals surface area contributed by atoms with E-state index in [2.05, 4.69) is 0 Å². The molecule has 2 aromatic rings. The van der Waals surface area contributed by atoms with Gasteiger partial charge in [-0.05, 0) is 47.9 Å². The Labute approximate surface area is 116 Å². The summed E-state index contributed by atoms with van der Waals surface area (Å²) >= 11 is 0. The largest absolute Gasteiger partial charge is 0.478 e. The average molecular weight is 270 g/mol. The fourth-order valence-corrected chi connectivity index (χ4v) is 1.90. The molecule has 0 aromatic heterocycles. The van der Waals surface area contributed by atoms with Crippen LogP contribution < -0.4 is 4.74 Å². The highest BCUT2D eigenvalue weighted by atomic mass is 16.5. The van der Waals surface area contributed by atoms with Crippen molar-refractivity contribution in [3.8, 4) is 16.9 Å². The number of rotatable bonds is 3. The van der Waals surface area contributed by atoms with Crippen LogP contribution >= 0.6 is 0 Å². The summed E-state index contributed by atoms with van der Waals surface area (Å²) in [7, 11) is 0. The first-order valence-corrected chi connectivity index (χ1v) is 6.10. The Balaban J connectivity index is 2.31. The molecule has 0 bridgehead atoms. The fraction of sp³-hybridized carbons (Fsp3) is 0.125. The van der Waals surface area contributed by atoms with Gasteiger partial charge in [0.2, 0.25) is 0 Å². The number of carbonyl (C=O) groups is 2. The van der Waals surface area contributed by atoms with Crippen LogP contribution in [0.25, 0.3) is 11.1 Å². The van der Waals surface area contributed by atoms with Crippen LogP contribution in [0.3, 0.4) is 0 Å². The molecule has 0 aliphatic carbocycles. The predicted octanol–water partition coefficient (Wildman–Crippen LogP) is 3.29. The van der Waals surface area contributed by atoms with E-state index in [1.165, 1.54) is 6.92 Å². The average Bonchev–Trinajstić information content (AvgIpc) is 2.41. The second-order valence-electron chi connectivity index (χ2n) is 4.46. The first-order chi connectivity index (χ1) is 9.47. The predicted molar refractivity (Wildman–Crippen MR) is 74.9 cm³/mol. The van der Waals surface area contributed by atoms with Gasteiger partial charge in [0.1, 0.15) is 5.75 Å². The summed E-state index contributed by atoms with van der Waals surface area (Å²) in [6.45, 7) is 3.21. The summed E-state index contributed by atoms with van der Waals surface area (Å²) in [4.78, 5) is 21.7. The molecule has 4 heteroatoms. The van der Waals surface area contributed by atoms with Crippen LogP contribution in [0.15, 0.2) is 42.5 Å². The Kier molecular flexibility index (Phi) is 3.84. The topological polar surface area (TPSA) is 63.6 Å². The van der Waals surface area contributed by atoms with Gasteiger partial charge >= 0.3 is 11.9 Å². The molecule has 0 atom stereocenters. The van der Waals surface area contributed by atoms with Gasteiger partial charge in [-0.2, -0.15) is 0 Å². The molecule has 0 saturated heterocycles. The molecule has 0 saturated carbocycles. The second-order valence-corrected chi connectivity index (χ2v) is 4.46. The number of esters is 1. The monoisotopic (exact) mass is 270 g/mol. The van der Waals surface area contributed by atoms with Crippen molar-refractivity contribution in [1.82, 2.24) is 0 Å². The molecule has 0 unspecified atom stereocenters. The molecular formula is C16H14O4. The van der Waals surface area contributed by atoms with Crippen molar-refractivity contribution in [3.05, 3.63) is 53.6 Å². The van der Waals surface area contributed by atoms with Crippen molar-refractivity contribution >= 4 is 11.9 Å². The lowest BCUT2D eigenvalue weighted by Crippen LogP contribution is -2.02. The number of carboxylic acids is 1. The summed E-state index contributed by atoms with van der Waals surface area (Å²) in [6.07, 6.45) is 0. The van der Waals surface area contributed by atoms with E-state index >= 15 is 0 Å². The lowest BCUT2D eigenvalue weighted by molar-refractivity contribution is -0.131. The lowest BCUT2D eigenvalue weighted by Gasteiger charge is -2.08. The summed E-state index contributed by atoms with van der Waals surface area (Å²) < 4.78 is 5.07. The number of carboxylic acid groups (broad SMARTS) is 1. The minimum Gasteiger partial charge on any atom is -0.478 e. The second kappa shape index (κ2) is 5.57. The number of hydrogen-bond acceptors (Lipinski definition) is 3. The Morgan fingerprint density at radius 1 is 1.00 bits per heavy atom. The number of aromatic carboxylic acids is 1. The normalized spacial score (nSPS) is 10.1. The summed E-state index contributed by atoms with van der Waals surface area (Å²) in [5.41, 5.74) is 2.95. The van der Waals surface area contributed by atoms with Crippen molar-refractivity contribution < 1.29 is 19.4 Å². The maximum absolute atomic E-state index is 10.9. The summed E-state index contributed by atoms with van der Waals surface area (Å²) in [5, 5.41) is 8.86. The van der Waals surface area contributed by atoms with E-state index in [-0.39, 0.29) is 11.5 Å². The zero-order valence-electron chi connectivity index (χ0n) is 11.2. The van der Waals surface area contributed by atoms with E-state index in [1.54, 1.807) is 30.3 Å². The van der Waals surface area contributed by atoms with Gasteiger partial charge < -0.3 is 9.84 Å². The Morgan fingerprint density at radius 2 is 1.60 bits per heavy atom. The fourth-order valence-electron chi connectivity index (χ4n) is 1.90. The van der Waals surface area contributed by atoms with E-state index < -0.39 is 5.97 Å². The van der Waals surface area contributed by atoms with Crippen molar-refractivity contribution in [1.29, 1.82) is 0 Å². The molecule has 0 heterocycles. The van der Waals surface area contributed by atoms with E-state index in [9.17, 15) is 9.59 Å². The number of aryl methyl sites for hydroxylation is 1. The van der Waals surface area contributed by atoms with Crippen LogP contribution in [0.4, 0.5) is 0 Å². The van der Waals surface area contributed by atoms with Gasteiger partial charge in [-0.1, -0.05) is 18.2 Å². The number of ether oxygens (including phenoxy) is 1. The maximum atomic E-state index is 10.9. The Bertz CT molecular complexity index is 657. The van der Waals surface area contributed by atoms with Crippen molar-refractivity contribution in [3.63, 3.8) is 0 Å². The van der Waals surface area contributed by atoms with Crippen LogP contribution in [0.1, 0.15) is 22.8 Å². The molecule has 1 N–H and O–H groups in total. The van der Waals surface area contributed by atoms with Crippen LogP contribution in [0.2, 0.25) is 0 Å². The van der Waals surface area contributed by atoms with Gasteiger partial charge in [0.05, 0.1) is 5.56 Å². The highest BCUT2D eigenvalue weighted by Crippen LogP contribution is 2.26. The SMILES string of the molecule is CC(=O)Oc1ccc(-c2ccc(C(=O)O)cc2)cc1C. The standard InChI is InChI=1S/C16H14O4/c1-10-9-14(7-8-15(10)20-11(2)17)12-3-5-13(6-4-12)16(18)19/h3-9H,1-2H3,(H,18,19). The molecule has 4 nitrogen and oxygen atoms in total. The maximum Gasteiger partial charge on any atom is 0.335 e. The van der Waals surface area contributed by atoms with Gasteiger partial charge in [0, 0.05) is 6.92 Å². The molecule has 2 rings (SSSR count). The van der Waals surface area contributed by atoms with Crippen LogP contribution in [0, 0.1) is 6.92 Å². The first-order valence-electron chi connectivity index (χ1n) is 6.10. The molecule has 0 amide bonds. The molecule has 0 aliphatic rings. The molecule has 102 valence electrons. The smallest absolute Gasteiger partial charge is 0.335 e. The third-order valence-electron chi connectivity index (χ3n) is 2.89. The van der Waals surface area contributed by atoms with Crippen molar-refractivity contribution in [2.45, 2.75) is 13.8 Å².